The first-order valence-electron chi connectivity index (χ1n) is 5.88. The summed E-state index contributed by atoms with van der Waals surface area (Å²) >= 11 is 0. The predicted octanol–water partition coefficient (Wildman–Crippen LogP) is 0.0923. The normalized spacial score (nSPS) is 11.7. The molecule has 1 atom stereocenters. The van der Waals surface area contributed by atoms with Crippen LogP contribution in [0.2, 0.25) is 0 Å². The van der Waals surface area contributed by atoms with Crippen LogP contribution in [0.25, 0.3) is 5.69 Å². The molecule has 1 aromatic heterocycles. The molecule has 0 saturated carbocycles. The van der Waals surface area contributed by atoms with E-state index in [9.17, 15) is 9.59 Å². The molecule has 20 heavy (non-hydrogen) atoms. The molecule has 8 heteroatoms. The van der Waals surface area contributed by atoms with Gasteiger partial charge in [0.1, 0.15) is 18.1 Å². The summed E-state index contributed by atoms with van der Waals surface area (Å²) in [6, 6.07) is 5.96. The molecule has 0 bridgehead atoms. The molecule has 0 aliphatic heterocycles. The van der Waals surface area contributed by atoms with Gasteiger partial charge in [-0.25, -0.2) is 9.48 Å². The van der Waals surface area contributed by atoms with E-state index in [1.807, 2.05) is 0 Å². The maximum absolute atomic E-state index is 11.7. The highest BCUT2D eigenvalue weighted by molar-refractivity contribution is 5.84. The highest BCUT2D eigenvalue weighted by atomic mass is 16.5. The summed E-state index contributed by atoms with van der Waals surface area (Å²) in [6.45, 7) is 2.89. The number of esters is 1. The van der Waals surface area contributed by atoms with Crippen LogP contribution in [0.5, 0.6) is 5.75 Å². The number of hydrogen-bond donors (Lipinski definition) is 1. The number of carbonyl (C=O) groups is 2. The number of ether oxygens (including phenoxy) is 1. The monoisotopic (exact) mass is 275 g/mol. The van der Waals surface area contributed by atoms with Gasteiger partial charge >= 0.3 is 5.97 Å². The molecule has 1 N–H and O–H groups in total. The summed E-state index contributed by atoms with van der Waals surface area (Å²) in [6.07, 6.45) is 1.46. The van der Waals surface area contributed by atoms with Crippen LogP contribution in [-0.2, 0) is 9.59 Å². The van der Waals surface area contributed by atoms with Crippen LogP contribution in [0.15, 0.2) is 30.6 Å². The van der Waals surface area contributed by atoms with Gasteiger partial charge in [-0.3, -0.25) is 4.79 Å². The first kappa shape index (κ1) is 13.7. The Morgan fingerprint density at radius 3 is 2.55 bits per heavy atom. The lowest BCUT2D eigenvalue weighted by molar-refractivity contribution is -0.138. The first-order chi connectivity index (χ1) is 9.56. The van der Waals surface area contributed by atoms with E-state index in [0.29, 0.717) is 5.75 Å². The molecule has 1 aromatic carbocycles. The minimum atomic E-state index is -0.702. The van der Waals surface area contributed by atoms with Crippen LogP contribution in [0.4, 0.5) is 0 Å². The second-order valence-electron chi connectivity index (χ2n) is 4.09. The van der Waals surface area contributed by atoms with Crippen molar-refractivity contribution >= 4 is 11.9 Å². The van der Waals surface area contributed by atoms with Crippen molar-refractivity contribution in [3.8, 4) is 11.4 Å². The van der Waals surface area contributed by atoms with E-state index in [1.54, 1.807) is 31.2 Å². The molecule has 0 radical (unpaired) electrons. The molecule has 0 aliphatic carbocycles. The van der Waals surface area contributed by atoms with Crippen molar-refractivity contribution in [2.24, 2.45) is 0 Å². The van der Waals surface area contributed by atoms with Crippen LogP contribution < -0.4 is 10.1 Å². The van der Waals surface area contributed by atoms with Crippen molar-refractivity contribution in [1.29, 1.82) is 0 Å². The number of nitrogens with zero attached hydrogens (tertiary/aromatic N) is 4. The highest BCUT2D eigenvalue weighted by Gasteiger charge is 2.15. The van der Waals surface area contributed by atoms with Gasteiger partial charge in [-0.1, -0.05) is 0 Å². The largest absolute Gasteiger partial charge is 0.425 e. The Kier molecular flexibility index (Phi) is 4.04. The third-order valence-electron chi connectivity index (χ3n) is 2.44. The summed E-state index contributed by atoms with van der Waals surface area (Å²) in [5.41, 5.74) is 0.740. The Morgan fingerprint density at radius 2 is 2.00 bits per heavy atom. The Labute approximate surface area is 114 Å². The van der Waals surface area contributed by atoms with Gasteiger partial charge in [0.15, 0.2) is 0 Å². The number of carbonyl (C=O) groups excluding carboxylic acids is 2. The van der Waals surface area contributed by atoms with Crippen molar-refractivity contribution in [3.63, 3.8) is 0 Å². The lowest BCUT2D eigenvalue weighted by Crippen LogP contribution is -2.39. The number of nitrogens with one attached hydrogen (secondary N) is 1. The van der Waals surface area contributed by atoms with E-state index in [4.69, 9.17) is 4.74 Å². The smallest absolute Gasteiger partial charge is 0.333 e. The third-order valence-corrected chi connectivity index (χ3v) is 2.44. The summed E-state index contributed by atoms with van der Waals surface area (Å²) in [5.74, 6) is -0.442. The zero-order chi connectivity index (χ0) is 14.5. The maximum Gasteiger partial charge on any atom is 0.333 e. The van der Waals surface area contributed by atoms with Gasteiger partial charge in [0, 0.05) is 6.92 Å². The van der Waals surface area contributed by atoms with Crippen molar-refractivity contribution in [2.45, 2.75) is 19.9 Å². The molecular weight excluding hydrogens is 262 g/mol. The predicted molar refractivity (Wildman–Crippen MR) is 68.1 cm³/mol. The van der Waals surface area contributed by atoms with Crippen molar-refractivity contribution in [3.05, 3.63) is 30.6 Å². The van der Waals surface area contributed by atoms with E-state index in [1.165, 1.54) is 17.9 Å². The Bertz CT molecular complexity index is 594. The lowest BCUT2D eigenvalue weighted by atomic mass is 10.3. The van der Waals surface area contributed by atoms with Crippen LogP contribution in [0.1, 0.15) is 13.8 Å². The second kappa shape index (κ2) is 5.91. The summed E-state index contributed by atoms with van der Waals surface area (Å²) in [4.78, 5) is 22.5. The van der Waals surface area contributed by atoms with Crippen molar-refractivity contribution in [1.82, 2.24) is 25.5 Å². The molecule has 2 aromatic rings. The van der Waals surface area contributed by atoms with Crippen LogP contribution in [-0.4, -0.2) is 38.1 Å². The van der Waals surface area contributed by atoms with Crippen LogP contribution >= 0.6 is 0 Å². The molecule has 8 nitrogen and oxygen atoms in total. The molecule has 0 aliphatic rings. The quantitative estimate of drug-likeness (QED) is 0.627. The SMILES string of the molecule is CC(=O)NC(C)C(=O)Oc1ccc(-n2cnnn2)cc1. The summed E-state index contributed by atoms with van der Waals surface area (Å²) in [5, 5.41) is 13.2. The van der Waals surface area contributed by atoms with Crippen molar-refractivity contribution < 1.29 is 14.3 Å². The van der Waals surface area contributed by atoms with E-state index in [2.05, 4.69) is 20.8 Å². The Morgan fingerprint density at radius 1 is 1.30 bits per heavy atom. The van der Waals surface area contributed by atoms with E-state index in [-0.39, 0.29) is 5.91 Å². The number of hydrogen-bond acceptors (Lipinski definition) is 6. The molecule has 2 rings (SSSR count). The summed E-state index contributed by atoms with van der Waals surface area (Å²) < 4.78 is 6.61. The third kappa shape index (κ3) is 3.37. The second-order valence-corrected chi connectivity index (χ2v) is 4.09. The number of tetrazole rings is 1. The van der Waals surface area contributed by atoms with Crippen LogP contribution in [0, 0.1) is 0 Å². The summed E-state index contributed by atoms with van der Waals surface area (Å²) in [7, 11) is 0. The minimum Gasteiger partial charge on any atom is -0.425 e. The molecular formula is C12H13N5O3. The fourth-order valence-corrected chi connectivity index (χ4v) is 1.51. The molecule has 1 heterocycles. The average molecular weight is 275 g/mol. The minimum absolute atomic E-state index is 0.288. The van der Waals surface area contributed by atoms with Gasteiger partial charge in [0.2, 0.25) is 5.91 Å². The molecule has 0 spiro atoms. The molecule has 1 unspecified atom stereocenters. The van der Waals surface area contributed by atoms with Gasteiger partial charge in [0.25, 0.3) is 0 Å². The zero-order valence-corrected chi connectivity index (χ0v) is 11.0. The average Bonchev–Trinajstić information content (AvgIpc) is 2.92. The molecule has 0 saturated heterocycles. The molecule has 0 fully saturated rings. The van der Waals surface area contributed by atoms with Gasteiger partial charge in [-0.2, -0.15) is 0 Å². The number of amides is 1. The van der Waals surface area contributed by atoms with Gasteiger partial charge in [-0.05, 0) is 41.6 Å². The first-order valence-corrected chi connectivity index (χ1v) is 5.88. The van der Waals surface area contributed by atoms with E-state index < -0.39 is 12.0 Å². The van der Waals surface area contributed by atoms with Gasteiger partial charge < -0.3 is 10.1 Å². The maximum atomic E-state index is 11.7. The van der Waals surface area contributed by atoms with E-state index in [0.717, 1.165) is 5.69 Å². The Balaban J connectivity index is 2.00. The van der Waals surface area contributed by atoms with E-state index >= 15 is 0 Å². The molecule has 1 amide bonds. The molecule has 104 valence electrons. The van der Waals surface area contributed by atoms with Gasteiger partial charge in [-0.15, -0.1) is 5.10 Å². The number of benzene rings is 1. The zero-order valence-electron chi connectivity index (χ0n) is 11.0. The highest BCUT2D eigenvalue weighted by Crippen LogP contribution is 2.14. The van der Waals surface area contributed by atoms with Gasteiger partial charge in [0.05, 0.1) is 5.69 Å². The van der Waals surface area contributed by atoms with Crippen molar-refractivity contribution in [2.75, 3.05) is 0 Å². The standard InChI is InChI=1S/C12H13N5O3/c1-8(14-9(2)18)12(19)20-11-5-3-10(4-6-11)17-7-13-15-16-17/h3-8H,1-2H3,(H,14,18). The number of rotatable bonds is 4. The van der Waals surface area contributed by atoms with Crippen LogP contribution in [0.3, 0.4) is 0 Å². The topological polar surface area (TPSA) is 99.0 Å². The Hall–Kier alpha value is -2.77. The lowest BCUT2D eigenvalue weighted by Gasteiger charge is -2.11. The number of aromatic nitrogens is 4. The fraction of sp³-hybridized carbons (Fsp3) is 0.250. The fourth-order valence-electron chi connectivity index (χ4n) is 1.51.